The molecule has 0 aliphatic carbocycles. The Balaban J connectivity index is 2.17. The van der Waals surface area contributed by atoms with E-state index in [9.17, 15) is 13.2 Å². The number of ether oxygens (including phenoxy) is 1. The maximum Gasteiger partial charge on any atom is 0.262 e. The number of methoxy groups -OCH3 is 1. The predicted octanol–water partition coefficient (Wildman–Crippen LogP) is 1.79. The van der Waals surface area contributed by atoms with Crippen molar-refractivity contribution in [1.29, 1.82) is 0 Å². The zero-order valence-electron chi connectivity index (χ0n) is 15.0. The summed E-state index contributed by atoms with van der Waals surface area (Å²) in [6.07, 6.45) is 0. The molecule has 26 heavy (non-hydrogen) atoms. The Morgan fingerprint density at radius 1 is 1.12 bits per heavy atom. The second-order valence-corrected chi connectivity index (χ2v) is 7.34. The van der Waals surface area contributed by atoms with E-state index < -0.39 is 10.0 Å². The Morgan fingerprint density at radius 2 is 1.77 bits per heavy atom. The normalized spacial score (nSPS) is 11.0. The van der Waals surface area contributed by atoms with Gasteiger partial charge in [-0.15, -0.1) is 0 Å². The molecule has 0 aromatic heterocycles. The van der Waals surface area contributed by atoms with E-state index in [1.54, 1.807) is 36.2 Å². The van der Waals surface area contributed by atoms with Crippen LogP contribution in [0.3, 0.4) is 0 Å². The zero-order valence-corrected chi connectivity index (χ0v) is 15.8. The van der Waals surface area contributed by atoms with Gasteiger partial charge in [0, 0.05) is 25.7 Å². The first-order valence-corrected chi connectivity index (χ1v) is 9.53. The molecule has 1 amide bonds. The minimum Gasteiger partial charge on any atom is -0.495 e. The molecule has 0 bridgehead atoms. The van der Waals surface area contributed by atoms with Gasteiger partial charge in [0.15, 0.2) is 0 Å². The third-order valence-corrected chi connectivity index (χ3v) is 5.19. The van der Waals surface area contributed by atoms with Crippen LogP contribution in [0.5, 0.6) is 5.75 Å². The lowest BCUT2D eigenvalue weighted by Crippen LogP contribution is -2.32. The highest BCUT2D eigenvalue weighted by Crippen LogP contribution is 2.26. The number of carbonyl (C=O) groups is 1. The first-order chi connectivity index (χ1) is 12.4. The molecule has 0 aliphatic heterocycles. The van der Waals surface area contributed by atoms with Crippen LogP contribution in [0.1, 0.15) is 10.4 Å². The SMILES string of the molecule is CNCCN(C)C(=O)c1ccc(S(=O)(=O)Nc2ccccc2OC)cc1. The topological polar surface area (TPSA) is 87.7 Å². The van der Waals surface area contributed by atoms with E-state index in [2.05, 4.69) is 10.0 Å². The van der Waals surface area contributed by atoms with E-state index in [1.165, 1.54) is 31.4 Å². The van der Waals surface area contributed by atoms with Gasteiger partial charge < -0.3 is 15.0 Å². The van der Waals surface area contributed by atoms with E-state index in [1.807, 2.05) is 7.05 Å². The van der Waals surface area contributed by atoms with Crippen molar-refractivity contribution in [3.8, 4) is 5.75 Å². The van der Waals surface area contributed by atoms with Gasteiger partial charge in [0.1, 0.15) is 5.75 Å². The fourth-order valence-electron chi connectivity index (χ4n) is 2.31. The van der Waals surface area contributed by atoms with Crippen LogP contribution in [0.15, 0.2) is 53.4 Å². The Bertz CT molecular complexity index is 851. The first kappa shape index (κ1) is 19.7. The van der Waals surface area contributed by atoms with Crippen LogP contribution in [-0.4, -0.2) is 53.5 Å². The number of anilines is 1. The monoisotopic (exact) mass is 377 g/mol. The Hall–Kier alpha value is -2.58. The van der Waals surface area contributed by atoms with E-state index in [-0.39, 0.29) is 10.8 Å². The molecule has 8 heteroatoms. The van der Waals surface area contributed by atoms with Gasteiger partial charge >= 0.3 is 0 Å². The summed E-state index contributed by atoms with van der Waals surface area (Å²) in [4.78, 5) is 13.9. The van der Waals surface area contributed by atoms with Gasteiger partial charge in [-0.05, 0) is 43.4 Å². The average Bonchev–Trinajstić information content (AvgIpc) is 2.65. The Morgan fingerprint density at radius 3 is 2.38 bits per heavy atom. The lowest BCUT2D eigenvalue weighted by atomic mass is 10.2. The number of nitrogens with zero attached hydrogens (tertiary/aromatic N) is 1. The molecule has 0 atom stereocenters. The molecule has 0 saturated heterocycles. The Labute approximate surface area is 154 Å². The number of hydrogen-bond acceptors (Lipinski definition) is 5. The lowest BCUT2D eigenvalue weighted by Gasteiger charge is -2.17. The number of likely N-dealkylation sites (N-methyl/N-ethyl adjacent to an activating group) is 2. The van der Waals surface area contributed by atoms with Crippen molar-refractivity contribution in [3.05, 3.63) is 54.1 Å². The predicted molar refractivity (Wildman–Crippen MR) is 101 cm³/mol. The van der Waals surface area contributed by atoms with Crippen LogP contribution in [0, 0.1) is 0 Å². The van der Waals surface area contributed by atoms with Crippen molar-refractivity contribution in [3.63, 3.8) is 0 Å². The van der Waals surface area contributed by atoms with E-state index in [0.29, 0.717) is 30.1 Å². The van der Waals surface area contributed by atoms with Gasteiger partial charge in [-0.1, -0.05) is 12.1 Å². The molecular weight excluding hydrogens is 354 g/mol. The summed E-state index contributed by atoms with van der Waals surface area (Å²) in [5.74, 6) is 0.260. The van der Waals surface area contributed by atoms with Gasteiger partial charge in [0.25, 0.3) is 15.9 Å². The molecule has 2 N–H and O–H groups in total. The highest BCUT2D eigenvalue weighted by molar-refractivity contribution is 7.92. The number of para-hydroxylation sites is 2. The molecule has 0 heterocycles. The van der Waals surface area contributed by atoms with Crippen molar-refractivity contribution in [2.24, 2.45) is 0 Å². The first-order valence-electron chi connectivity index (χ1n) is 8.05. The summed E-state index contributed by atoms with van der Waals surface area (Å²) >= 11 is 0. The van der Waals surface area contributed by atoms with Crippen LogP contribution in [-0.2, 0) is 10.0 Å². The zero-order chi connectivity index (χ0) is 19.2. The molecular formula is C18H23N3O4S. The summed E-state index contributed by atoms with van der Waals surface area (Å²) in [6.45, 7) is 1.24. The van der Waals surface area contributed by atoms with Gasteiger partial charge in [0.05, 0.1) is 17.7 Å². The number of hydrogen-bond donors (Lipinski definition) is 2. The van der Waals surface area contributed by atoms with Crippen LogP contribution in [0.2, 0.25) is 0 Å². The number of amides is 1. The fourth-order valence-corrected chi connectivity index (χ4v) is 3.38. The van der Waals surface area contributed by atoms with Crippen molar-refractivity contribution in [2.45, 2.75) is 4.90 Å². The summed E-state index contributed by atoms with van der Waals surface area (Å²) < 4.78 is 32.8. The van der Waals surface area contributed by atoms with Crippen LogP contribution in [0.25, 0.3) is 0 Å². The second kappa shape index (κ2) is 8.68. The molecule has 2 aromatic carbocycles. The lowest BCUT2D eigenvalue weighted by molar-refractivity contribution is 0.0796. The summed E-state index contributed by atoms with van der Waals surface area (Å²) in [5.41, 5.74) is 0.779. The third-order valence-electron chi connectivity index (χ3n) is 3.81. The van der Waals surface area contributed by atoms with Crippen LogP contribution < -0.4 is 14.8 Å². The highest BCUT2D eigenvalue weighted by Gasteiger charge is 2.18. The third kappa shape index (κ3) is 4.74. The van der Waals surface area contributed by atoms with E-state index in [4.69, 9.17) is 4.74 Å². The van der Waals surface area contributed by atoms with Crippen molar-refractivity contribution < 1.29 is 17.9 Å². The maximum atomic E-state index is 12.6. The Kier molecular flexibility index (Phi) is 6.59. The molecule has 0 saturated carbocycles. The molecule has 7 nitrogen and oxygen atoms in total. The molecule has 2 rings (SSSR count). The van der Waals surface area contributed by atoms with Gasteiger partial charge in [-0.25, -0.2) is 8.42 Å². The molecule has 0 unspecified atom stereocenters. The molecule has 0 aliphatic rings. The molecule has 0 spiro atoms. The van der Waals surface area contributed by atoms with Crippen LogP contribution >= 0.6 is 0 Å². The number of nitrogens with one attached hydrogen (secondary N) is 2. The van der Waals surface area contributed by atoms with Gasteiger partial charge in [0.2, 0.25) is 0 Å². The summed E-state index contributed by atoms with van der Waals surface area (Å²) in [5, 5.41) is 2.97. The number of rotatable bonds is 8. The van der Waals surface area contributed by atoms with E-state index in [0.717, 1.165) is 0 Å². The van der Waals surface area contributed by atoms with Crippen molar-refractivity contribution >= 4 is 21.6 Å². The van der Waals surface area contributed by atoms with Crippen molar-refractivity contribution in [1.82, 2.24) is 10.2 Å². The van der Waals surface area contributed by atoms with E-state index >= 15 is 0 Å². The minimum absolute atomic E-state index is 0.0674. The largest absolute Gasteiger partial charge is 0.495 e. The fraction of sp³-hybridized carbons (Fsp3) is 0.278. The molecule has 0 fully saturated rings. The molecule has 2 aromatic rings. The average molecular weight is 377 g/mol. The highest BCUT2D eigenvalue weighted by atomic mass is 32.2. The maximum absolute atomic E-state index is 12.6. The number of carbonyl (C=O) groups excluding carboxylic acids is 1. The minimum atomic E-state index is -3.79. The van der Waals surface area contributed by atoms with Gasteiger partial charge in [-0.2, -0.15) is 0 Å². The quantitative estimate of drug-likeness (QED) is 0.732. The van der Waals surface area contributed by atoms with Gasteiger partial charge in [-0.3, -0.25) is 9.52 Å². The summed E-state index contributed by atoms with van der Waals surface area (Å²) in [6, 6.07) is 12.6. The smallest absolute Gasteiger partial charge is 0.262 e. The standard InChI is InChI=1S/C18H23N3O4S/c1-19-12-13-21(2)18(22)14-8-10-15(11-9-14)26(23,24)20-16-6-4-5-7-17(16)25-3/h4-11,19-20H,12-13H2,1-3H3. The van der Waals surface area contributed by atoms with Crippen LogP contribution in [0.4, 0.5) is 5.69 Å². The van der Waals surface area contributed by atoms with Crippen molar-refractivity contribution in [2.75, 3.05) is 39.0 Å². The number of benzene rings is 2. The molecule has 140 valence electrons. The summed E-state index contributed by atoms with van der Waals surface area (Å²) in [7, 11) is 1.20. The second-order valence-electron chi connectivity index (χ2n) is 5.66. The number of sulfonamides is 1. The molecule has 0 radical (unpaired) electrons.